The summed E-state index contributed by atoms with van der Waals surface area (Å²) in [5, 5.41) is 14.0. The van der Waals surface area contributed by atoms with Gasteiger partial charge in [-0.1, -0.05) is 23.6 Å². The average Bonchev–Trinajstić information content (AvgIpc) is 3.35. The molecule has 58 heavy (non-hydrogen) atoms. The van der Waals surface area contributed by atoms with Crippen molar-refractivity contribution >= 4 is 44.3 Å². The number of nitrogens with one attached hydrogen (secondary N) is 3. The molecule has 0 radical (unpaired) electrons. The molecule has 20 heteroatoms. The van der Waals surface area contributed by atoms with E-state index < -0.39 is 81.0 Å². The van der Waals surface area contributed by atoms with Gasteiger partial charge in [-0.05, 0) is 80.0 Å². The number of rotatable bonds is 9. The van der Waals surface area contributed by atoms with Crippen molar-refractivity contribution in [2.45, 2.75) is 62.3 Å². The molecule has 2 aromatic carbocycles. The lowest BCUT2D eigenvalue weighted by molar-refractivity contribution is -0.142. The zero-order valence-corrected chi connectivity index (χ0v) is 32.1. The molecule has 2 fully saturated rings. The van der Waals surface area contributed by atoms with E-state index in [1.165, 1.54) is 17.8 Å². The van der Waals surface area contributed by atoms with E-state index in [9.17, 15) is 35.2 Å². The Kier molecular flexibility index (Phi) is 9.75. The number of amides is 1. The number of alkyl halides is 5. The zero-order valence-electron chi connectivity index (χ0n) is 30.5. The summed E-state index contributed by atoms with van der Waals surface area (Å²) in [6.45, 7) is -0.295. The summed E-state index contributed by atoms with van der Waals surface area (Å²) in [5.74, 6) is -2.96. The molecule has 2 unspecified atom stereocenters. The molecule has 3 aliphatic rings. The van der Waals surface area contributed by atoms with Gasteiger partial charge in [0.25, 0.3) is 5.92 Å². The van der Waals surface area contributed by atoms with Gasteiger partial charge in [-0.15, -0.1) is 0 Å². The summed E-state index contributed by atoms with van der Waals surface area (Å²) in [7, 11) is -2.30. The second-order valence-electron chi connectivity index (χ2n) is 14.7. The first-order valence-electron chi connectivity index (χ1n) is 18.0. The Hall–Kier alpha value is -5.19. The van der Waals surface area contributed by atoms with Gasteiger partial charge in [-0.3, -0.25) is 18.9 Å². The predicted molar refractivity (Wildman–Crippen MR) is 198 cm³/mol. The van der Waals surface area contributed by atoms with Gasteiger partial charge in [0.05, 0.1) is 40.0 Å². The second-order valence-corrected chi connectivity index (χ2v) is 16.8. The first-order chi connectivity index (χ1) is 27.3. The molecule has 1 amide bonds. The van der Waals surface area contributed by atoms with E-state index in [2.05, 4.69) is 37.4 Å². The summed E-state index contributed by atoms with van der Waals surface area (Å²) in [6.07, 6.45) is -2.94. The highest BCUT2D eigenvalue weighted by Gasteiger charge is 2.68. The summed E-state index contributed by atoms with van der Waals surface area (Å²) < 4.78 is 131. The lowest BCUT2D eigenvalue weighted by Gasteiger charge is -2.23. The Morgan fingerprint density at radius 2 is 1.83 bits per heavy atom. The molecule has 3 N–H and O–H groups in total. The zero-order chi connectivity index (χ0) is 41.5. The van der Waals surface area contributed by atoms with Gasteiger partial charge in [-0.2, -0.15) is 32.1 Å². The van der Waals surface area contributed by atoms with Crippen molar-refractivity contribution in [3.63, 3.8) is 0 Å². The van der Waals surface area contributed by atoms with Crippen molar-refractivity contribution < 1.29 is 43.9 Å². The number of aromatic nitrogens is 5. The number of nitrogens with zero attached hydrogens (tertiary/aromatic N) is 5. The Labute approximate surface area is 331 Å². The van der Waals surface area contributed by atoms with Gasteiger partial charge in [0.2, 0.25) is 15.9 Å². The smallest absolute Gasteiger partial charge is 0.346 e. The van der Waals surface area contributed by atoms with Crippen molar-refractivity contribution in [2.24, 2.45) is 13.0 Å². The number of hydrogen-bond acceptors (Lipinski definition) is 7. The molecular weight excluding hydrogens is 817 g/mol. The number of halogens is 8. The normalized spacial score (nSPS) is 20.0. The minimum atomic E-state index is -5.07. The summed E-state index contributed by atoms with van der Waals surface area (Å²) in [4.78, 5) is 18.8. The third-order valence-electron chi connectivity index (χ3n) is 10.4. The Morgan fingerprint density at radius 3 is 2.50 bits per heavy atom. The molecule has 3 aromatic heterocycles. The predicted octanol–water partition coefficient (Wildman–Crippen LogP) is 6.57. The van der Waals surface area contributed by atoms with Crippen molar-refractivity contribution in [1.29, 1.82) is 0 Å². The fourth-order valence-electron chi connectivity index (χ4n) is 8.00. The first kappa shape index (κ1) is 39.6. The van der Waals surface area contributed by atoms with Crippen LogP contribution in [0, 0.1) is 29.4 Å². The molecule has 0 spiro atoms. The van der Waals surface area contributed by atoms with Crippen LogP contribution in [0.2, 0.25) is 5.02 Å². The van der Waals surface area contributed by atoms with Crippen LogP contribution >= 0.6 is 11.6 Å². The van der Waals surface area contributed by atoms with Gasteiger partial charge in [0.1, 0.15) is 29.6 Å². The number of hydrogen-bond donors (Lipinski definition) is 3. The number of sulfonamides is 1. The van der Waals surface area contributed by atoms with Crippen LogP contribution in [0.15, 0.2) is 42.5 Å². The number of fused-ring (bicyclic) bond motifs is 4. The molecule has 304 valence electrons. The lowest BCUT2D eigenvalue weighted by Crippen LogP contribution is -2.35. The number of pyridine rings is 1. The fraction of sp³-hybridized carbons (Fsp3) is 0.368. The van der Waals surface area contributed by atoms with Crippen molar-refractivity contribution in [2.75, 3.05) is 17.5 Å². The minimum absolute atomic E-state index is 0.0366. The average molecular weight is 849 g/mol. The Bertz CT molecular complexity index is 2660. The monoisotopic (exact) mass is 848 g/mol. The van der Waals surface area contributed by atoms with Crippen molar-refractivity contribution in [3.05, 3.63) is 93.0 Å². The standard InChI is InChI=1S/C38H32ClF7N8O3S/c1-53-33-24(9-10-27(39)31(33)36(51-53)52-58(2,56)57)23-8-7-22(6-5-21-4-3-11-47-21)48-32(23)28(14-18-12-19(40)15-20(41)13-18)49-29(55)17-54-35-30(34(50-54)38(44,45)46)25-16-26(25)37(35,42)43/h7-10,12-13,15,21,25-26,28,47H,3-4,11,14,16-17H2,1-2H3,(H,49,55)(H,51,52)/t21?,25?,26-,28+/m1/s1. The van der Waals surface area contributed by atoms with E-state index in [1.54, 1.807) is 18.2 Å². The summed E-state index contributed by atoms with van der Waals surface area (Å²) in [6, 6.07) is 7.49. The highest BCUT2D eigenvalue weighted by atomic mass is 35.5. The van der Waals surface area contributed by atoms with E-state index >= 15 is 8.78 Å². The molecule has 1 aliphatic heterocycles. The van der Waals surface area contributed by atoms with E-state index in [0.29, 0.717) is 21.8 Å². The van der Waals surface area contributed by atoms with Crippen molar-refractivity contribution in [1.82, 2.24) is 35.2 Å². The third kappa shape index (κ3) is 7.48. The van der Waals surface area contributed by atoms with Crippen molar-refractivity contribution in [3.8, 4) is 23.0 Å². The largest absolute Gasteiger partial charge is 0.435 e. The fourth-order valence-corrected chi connectivity index (χ4v) is 8.73. The molecule has 4 heterocycles. The number of anilines is 1. The third-order valence-corrected chi connectivity index (χ3v) is 11.3. The Balaban J connectivity index is 1.27. The van der Waals surface area contributed by atoms with Crippen LogP contribution in [-0.4, -0.2) is 57.7 Å². The maximum atomic E-state index is 15.4. The first-order valence-corrected chi connectivity index (χ1v) is 20.2. The summed E-state index contributed by atoms with van der Waals surface area (Å²) >= 11 is 6.59. The molecule has 0 bridgehead atoms. The molecule has 8 rings (SSSR count). The van der Waals surface area contributed by atoms with Crippen LogP contribution in [0.3, 0.4) is 0 Å². The van der Waals surface area contributed by atoms with Crippen LogP contribution < -0.4 is 15.4 Å². The molecule has 1 saturated heterocycles. The van der Waals surface area contributed by atoms with Crippen LogP contribution in [0.4, 0.5) is 36.6 Å². The highest BCUT2D eigenvalue weighted by Crippen LogP contribution is 2.68. The number of carbonyl (C=O) groups is 1. The van der Waals surface area contributed by atoms with E-state index in [-0.39, 0.29) is 57.6 Å². The van der Waals surface area contributed by atoms with Gasteiger partial charge in [0, 0.05) is 35.7 Å². The quantitative estimate of drug-likeness (QED) is 0.113. The van der Waals surface area contributed by atoms with Gasteiger partial charge in [-0.25, -0.2) is 22.2 Å². The van der Waals surface area contributed by atoms with Crippen LogP contribution in [0.5, 0.6) is 0 Å². The van der Waals surface area contributed by atoms with E-state index in [1.807, 2.05) is 0 Å². The molecule has 11 nitrogen and oxygen atoms in total. The minimum Gasteiger partial charge on any atom is -0.346 e. The highest BCUT2D eigenvalue weighted by molar-refractivity contribution is 7.92. The van der Waals surface area contributed by atoms with Crippen LogP contribution in [-0.2, 0) is 46.9 Å². The topological polar surface area (TPSA) is 136 Å². The summed E-state index contributed by atoms with van der Waals surface area (Å²) in [5.41, 5.74) is -1.82. The number of benzene rings is 2. The van der Waals surface area contributed by atoms with Gasteiger partial charge >= 0.3 is 6.18 Å². The SMILES string of the molecule is Cn1nc(NS(C)(=O)=O)c2c(Cl)ccc(-c3ccc(C#CC4CCCN4)nc3[C@H](Cc3cc(F)cc(F)c3)NC(=O)Cn3nc(C(F)(F)F)c4c3C(F)(F)[C@@H]3CC43)c21. The van der Waals surface area contributed by atoms with E-state index in [4.69, 9.17) is 16.6 Å². The number of aryl methyl sites for hydroxylation is 1. The molecule has 4 atom stereocenters. The second kappa shape index (κ2) is 14.3. The lowest BCUT2D eigenvalue weighted by atomic mass is 9.93. The Morgan fingerprint density at radius 1 is 1.10 bits per heavy atom. The molecular formula is C38H32ClF7N8O3S. The van der Waals surface area contributed by atoms with Crippen LogP contribution in [0.1, 0.15) is 65.1 Å². The molecule has 5 aromatic rings. The molecule has 2 aliphatic carbocycles. The van der Waals surface area contributed by atoms with Gasteiger partial charge < -0.3 is 10.6 Å². The maximum Gasteiger partial charge on any atom is 0.435 e. The van der Waals surface area contributed by atoms with E-state index in [0.717, 1.165) is 37.8 Å². The number of carbonyl (C=O) groups excluding carboxylic acids is 1. The molecule has 1 saturated carbocycles. The van der Waals surface area contributed by atoms with Gasteiger partial charge in [0.15, 0.2) is 11.5 Å². The van der Waals surface area contributed by atoms with Crippen LogP contribution in [0.25, 0.3) is 22.0 Å². The maximum absolute atomic E-state index is 15.4.